The number of piperazine rings is 1. The van der Waals surface area contributed by atoms with E-state index in [2.05, 4.69) is 15.4 Å². The molecule has 1 aromatic rings. The fraction of sp³-hybridized carbons (Fsp3) is 0.444. The van der Waals surface area contributed by atoms with Gasteiger partial charge in [-0.15, -0.1) is 0 Å². The maximum absolute atomic E-state index is 12.3. The number of carbonyl (C=O) groups is 1. The van der Waals surface area contributed by atoms with Crippen LogP contribution in [0.15, 0.2) is 29.4 Å². The van der Waals surface area contributed by atoms with Crippen LogP contribution in [-0.4, -0.2) is 48.5 Å². The van der Waals surface area contributed by atoms with E-state index in [1.54, 1.807) is 6.07 Å². The molecule has 0 spiro atoms. The van der Waals surface area contributed by atoms with Gasteiger partial charge in [0.15, 0.2) is 5.84 Å². The van der Waals surface area contributed by atoms with Crippen LogP contribution in [0.2, 0.25) is 0 Å². The molecule has 0 aliphatic carbocycles. The Bertz CT molecular complexity index is 732. The lowest BCUT2D eigenvalue weighted by molar-refractivity contribution is -0.139. The number of amides is 1. The van der Waals surface area contributed by atoms with Gasteiger partial charge in [0.05, 0.1) is 5.69 Å². The number of hydrogen-bond acceptors (Lipinski definition) is 6. The molecular formula is C18H25N7O. The van der Waals surface area contributed by atoms with Gasteiger partial charge >= 0.3 is 0 Å². The van der Waals surface area contributed by atoms with Crippen LogP contribution in [0.25, 0.3) is 0 Å². The molecule has 1 saturated heterocycles. The van der Waals surface area contributed by atoms with Gasteiger partial charge in [0.1, 0.15) is 6.07 Å². The highest BCUT2D eigenvalue weighted by atomic mass is 16.2. The van der Waals surface area contributed by atoms with Crippen molar-refractivity contribution in [1.29, 1.82) is 10.7 Å². The minimum absolute atomic E-state index is 0.159. The van der Waals surface area contributed by atoms with E-state index in [1.807, 2.05) is 49.9 Å². The van der Waals surface area contributed by atoms with Crippen molar-refractivity contribution in [2.45, 2.75) is 20.8 Å². The number of benzene rings is 1. The molecule has 1 aromatic carbocycles. The fourth-order valence-electron chi connectivity index (χ4n) is 2.65. The Morgan fingerprint density at radius 2 is 1.81 bits per heavy atom. The van der Waals surface area contributed by atoms with Crippen LogP contribution < -0.4 is 16.1 Å². The predicted molar refractivity (Wildman–Crippen MR) is 103 cm³/mol. The first kappa shape index (κ1) is 19.2. The van der Waals surface area contributed by atoms with E-state index < -0.39 is 0 Å². The van der Waals surface area contributed by atoms with Crippen molar-refractivity contribution in [3.63, 3.8) is 0 Å². The Hall–Kier alpha value is -3.08. The average Bonchev–Trinajstić information content (AvgIpc) is 2.61. The van der Waals surface area contributed by atoms with Crippen LogP contribution in [0.1, 0.15) is 20.8 Å². The number of nitriles is 1. The Kier molecular flexibility index (Phi) is 5.82. The summed E-state index contributed by atoms with van der Waals surface area (Å²) in [6.07, 6.45) is 0. The highest BCUT2D eigenvalue weighted by Gasteiger charge is 2.29. The summed E-state index contributed by atoms with van der Waals surface area (Å²) in [5.41, 5.74) is 9.22. The number of hydrazone groups is 1. The number of carbonyl (C=O) groups excluding carboxylic acids is 1. The minimum Gasteiger partial charge on any atom is -0.382 e. The van der Waals surface area contributed by atoms with E-state index in [9.17, 15) is 4.79 Å². The topological polar surface area (TPSA) is 122 Å². The van der Waals surface area contributed by atoms with E-state index in [0.717, 1.165) is 18.8 Å². The molecule has 0 unspecified atom stereocenters. The molecule has 4 N–H and O–H groups in total. The molecule has 8 nitrogen and oxygen atoms in total. The maximum Gasteiger partial charge on any atom is 0.228 e. The van der Waals surface area contributed by atoms with Crippen molar-refractivity contribution in [2.75, 3.05) is 36.5 Å². The molecule has 1 amide bonds. The first-order chi connectivity index (χ1) is 12.2. The van der Waals surface area contributed by atoms with Crippen molar-refractivity contribution in [1.82, 2.24) is 4.90 Å². The quantitative estimate of drug-likeness (QED) is 0.430. The van der Waals surface area contributed by atoms with Gasteiger partial charge in [-0.2, -0.15) is 10.4 Å². The second-order valence-corrected chi connectivity index (χ2v) is 7.17. The highest BCUT2D eigenvalue weighted by Crippen LogP contribution is 2.22. The fourth-order valence-corrected chi connectivity index (χ4v) is 2.65. The molecule has 8 heteroatoms. The molecule has 0 bridgehead atoms. The first-order valence-electron chi connectivity index (χ1n) is 8.45. The van der Waals surface area contributed by atoms with Gasteiger partial charge in [0.2, 0.25) is 11.6 Å². The predicted octanol–water partition coefficient (Wildman–Crippen LogP) is 1.61. The molecule has 1 heterocycles. The zero-order valence-corrected chi connectivity index (χ0v) is 15.4. The van der Waals surface area contributed by atoms with Crippen LogP contribution in [0, 0.1) is 22.2 Å². The summed E-state index contributed by atoms with van der Waals surface area (Å²) in [5.74, 6) is -0.187. The van der Waals surface area contributed by atoms with Gasteiger partial charge in [0, 0.05) is 37.3 Å². The summed E-state index contributed by atoms with van der Waals surface area (Å²) in [5, 5.41) is 19.8. The third-order valence-electron chi connectivity index (χ3n) is 4.10. The standard InChI is InChI=1S/C18H25N7O/c1-18(2,3)17(26)25-10-8-24(9-11-25)14-6-4-13(5-7-14)22-23-15(12-19)16(20)21/h4-7,22H,8-11H2,1-3H3,(H3,20,21)/b23-15+. The highest BCUT2D eigenvalue weighted by molar-refractivity contribution is 6.45. The minimum atomic E-state index is -0.376. The van der Waals surface area contributed by atoms with Crippen LogP contribution >= 0.6 is 0 Å². The monoisotopic (exact) mass is 355 g/mol. The molecule has 2 rings (SSSR count). The molecule has 0 radical (unpaired) electrons. The molecule has 1 aliphatic heterocycles. The number of nitrogens with zero attached hydrogens (tertiary/aromatic N) is 4. The summed E-state index contributed by atoms with van der Waals surface area (Å²) in [6, 6.07) is 9.37. The van der Waals surface area contributed by atoms with Crippen molar-refractivity contribution in [3.05, 3.63) is 24.3 Å². The second kappa shape index (κ2) is 7.87. The Labute approximate surface area is 153 Å². The van der Waals surface area contributed by atoms with Gasteiger partial charge in [-0.3, -0.25) is 15.6 Å². The molecule has 0 saturated carbocycles. The number of nitrogens with two attached hydrogens (primary N) is 1. The lowest BCUT2D eigenvalue weighted by Gasteiger charge is -2.38. The lowest BCUT2D eigenvalue weighted by Crippen LogP contribution is -2.51. The third-order valence-corrected chi connectivity index (χ3v) is 4.10. The summed E-state index contributed by atoms with van der Waals surface area (Å²) in [6.45, 7) is 8.83. The summed E-state index contributed by atoms with van der Waals surface area (Å²) < 4.78 is 0. The van der Waals surface area contributed by atoms with Crippen LogP contribution in [0.3, 0.4) is 0 Å². The summed E-state index contributed by atoms with van der Waals surface area (Å²) >= 11 is 0. The van der Waals surface area contributed by atoms with Crippen molar-refractivity contribution in [3.8, 4) is 6.07 Å². The van der Waals surface area contributed by atoms with Crippen LogP contribution in [-0.2, 0) is 4.79 Å². The van der Waals surface area contributed by atoms with Crippen LogP contribution in [0.5, 0.6) is 0 Å². The van der Waals surface area contributed by atoms with Crippen molar-refractivity contribution in [2.24, 2.45) is 16.3 Å². The first-order valence-corrected chi connectivity index (χ1v) is 8.45. The third kappa shape index (κ3) is 4.72. The maximum atomic E-state index is 12.3. The van der Waals surface area contributed by atoms with Gasteiger partial charge in [-0.05, 0) is 24.3 Å². The van der Waals surface area contributed by atoms with E-state index >= 15 is 0 Å². The number of anilines is 2. The Morgan fingerprint density at radius 1 is 1.23 bits per heavy atom. The molecule has 1 aliphatic rings. The average molecular weight is 355 g/mol. The van der Waals surface area contributed by atoms with Gasteiger partial charge < -0.3 is 15.5 Å². The van der Waals surface area contributed by atoms with E-state index in [1.165, 1.54) is 0 Å². The van der Waals surface area contributed by atoms with Crippen molar-refractivity contribution < 1.29 is 4.79 Å². The molecule has 0 aromatic heterocycles. The summed E-state index contributed by atoms with van der Waals surface area (Å²) in [4.78, 5) is 16.5. The molecule has 26 heavy (non-hydrogen) atoms. The Morgan fingerprint density at radius 3 is 2.27 bits per heavy atom. The number of nitrogens with one attached hydrogen (secondary N) is 2. The molecule has 138 valence electrons. The zero-order valence-electron chi connectivity index (χ0n) is 15.4. The van der Waals surface area contributed by atoms with E-state index in [-0.39, 0.29) is 22.9 Å². The van der Waals surface area contributed by atoms with Gasteiger partial charge in [0.25, 0.3) is 0 Å². The second-order valence-electron chi connectivity index (χ2n) is 7.17. The molecule has 0 atom stereocenters. The Balaban J connectivity index is 1.95. The van der Waals surface area contributed by atoms with Crippen LogP contribution in [0.4, 0.5) is 11.4 Å². The largest absolute Gasteiger partial charge is 0.382 e. The number of rotatable bonds is 4. The lowest BCUT2D eigenvalue weighted by atomic mass is 9.94. The molecular weight excluding hydrogens is 330 g/mol. The zero-order chi connectivity index (χ0) is 19.3. The smallest absolute Gasteiger partial charge is 0.228 e. The van der Waals surface area contributed by atoms with E-state index in [0.29, 0.717) is 18.8 Å². The van der Waals surface area contributed by atoms with Gasteiger partial charge in [-0.25, -0.2) is 0 Å². The number of amidine groups is 1. The normalized spacial score (nSPS) is 15.4. The summed E-state index contributed by atoms with van der Waals surface area (Å²) in [7, 11) is 0. The van der Waals surface area contributed by atoms with E-state index in [4.69, 9.17) is 16.4 Å². The molecule has 1 fully saturated rings. The SMILES string of the molecule is CC(C)(C)C(=O)N1CCN(c2ccc(N/N=C(\C#N)C(=N)N)cc2)CC1. The number of hydrogen-bond donors (Lipinski definition) is 3. The van der Waals surface area contributed by atoms with Gasteiger partial charge in [-0.1, -0.05) is 20.8 Å². The van der Waals surface area contributed by atoms with Crippen molar-refractivity contribution >= 4 is 28.8 Å².